The molecule has 0 aliphatic carbocycles. The van der Waals surface area contributed by atoms with Gasteiger partial charge >= 0.3 is 5.97 Å². The number of carboxylic acid groups (broad SMARTS) is 1. The van der Waals surface area contributed by atoms with E-state index in [2.05, 4.69) is 5.10 Å². The van der Waals surface area contributed by atoms with Crippen LogP contribution in [0.5, 0.6) is 5.75 Å². The highest BCUT2D eigenvalue weighted by Gasteiger charge is 2.04. The molecule has 2 aromatic rings. The van der Waals surface area contributed by atoms with Crippen molar-refractivity contribution in [3.63, 3.8) is 0 Å². The van der Waals surface area contributed by atoms with Gasteiger partial charge in [-0.2, -0.15) is 5.10 Å². The van der Waals surface area contributed by atoms with Gasteiger partial charge in [-0.15, -0.1) is 0 Å². The zero-order valence-corrected chi connectivity index (χ0v) is 10.2. The number of hydrogen-bond acceptors (Lipinski definition) is 3. The summed E-state index contributed by atoms with van der Waals surface area (Å²) in [5.74, 6) is -0.438. The smallest absolute Gasteiger partial charge is 0.325 e. The highest BCUT2D eigenvalue weighted by atomic mass is 35.5. The van der Waals surface area contributed by atoms with E-state index in [9.17, 15) is 4.79 Å². The molecule has 0 unspecified atom stereocenters. The standard InChI is InChI=1S/C12H11ClN2O3/c13-11-4-2-1-3-9(11)8-18-10-5-14-15(6-10)7-12(16)17/h1-6H,7-8H2,(H,16,17). The van der Waals surface area contributed by atoms with Gasteiger partial charge in [0.15, 0.2) is 5.75 Å². The molecule has 1 aromatic heterocycles. The van der Waals surface area contributed by atoms with Crippen LogP contribution in [-0.2, 0) is 17.9 Å². The quantitative estimate of drug-likeness (QED) is 0.901. The molecule has 0 atom stereocenters. The largest absolute Gasteiger partial charge is 0.486 e. The average molecular weight is 267 g/mol. The van der Waals surface area contributed by atoms with Gasteiger partial charge in [-0.1, -0.05) is 29.8 Å². The summed E-state index contributed by atoms with van der Waals surface area (Å²) in [5, 5.41) is 13.1. The van der Waals surface area contributed by atoms with Crippen LogP contribution in [0, 0.1) is 0 Å². The van der Waals surface area contributed by atoms with Crippen LogP contribution in [0.1, 0.15) is 5.56 Å². The molecule has 0 amide bonds. The van der Waals surface area contributed by atoms with E-state index in [1.54, 1.807) is 6.07 Å². The first-order valence-corrected chi connectivity index (χ1v) is 5.63. The van der Waals surface area contributed by atoms with Crippen molar-refractivity contribution in [1.29, 1.82) is 0 Å². The maximum Gasteiger partial charge on any atom is 0.325 e. The molecule has 0 saturated carbocycles. The van der Waals surface area contributed by atoms with Crippen LogP contribution in [-0.4, -0.2) is 20.9 Å². The fourth-order valence-electron chi connectivity index (χ4n) is 1.42. The number of benzene rings is 1. The first-order chi connectivity index (χ1) is 8.65. The molecule has 0 saturated heterocycles. The Morgan fingerprint density at radius 3 is 2.94 bits per heavy atom. The van der Waals surface area contributed by atoms with Crippen molar-refractivity contribution in [3.05, 3.63) is 47.2 Å². The number of aliphatic carboxylic acids is 1. The maximum atomic E-state index is 10.5. The van der Waals surface area contributed by atoms with Gasteiger partial charge < -0.3 is 9.84 Å². The van der Waals surface area contributed by atoms with Gasteiger partial charge in [-0.3, -0.25) is 9.48 Å². The van der Waals surface area contributed by atoms with E-state index < -0.39 is 5.97 Å². The minimum atomic E-state index is -0.948. The van der Waals surface area contributed by atoms with Gasteiger partial charge in [0.05, 0.1) is 12.4 Å². The van der Waals surface area contributed by atoms with Crippen molar-refractivity contribution in [1.82, 2.24) is 9.78 Å². The number of carboxylic acids is 1. The SMILES string of the molecule is O=C(O)Cn1cc(OCc2ccccc2Cl)cn1. The predicted octanol–water partition coefficient (Wildman–Crippen LogP) is 2.20. The van der Waals surface area contributed by atoms with Crippen LogP contribution < -0.4 is 4.74 Å². The van der Waals surface area contributed by atoms with E-state index in [0.29, 0.717) is 17.4 Å². The summed E-state index contributed by atoms with van der Waals surface area (Å²) < 4.78 is 6.77. The number of rotatable bonds is 5. The van der Waals surface area contributed by atoms with Crippen LogP contribution in [0.3, 0.4) is 0 Å². The summed E-state index contributed by atoms with van der Waals surface area (Å²) in [6.07, 6.45) is 3.00. The molecule has 5 nitrogen and oxygen atoms in total. The molecule has 2 rings (SSSR count). The summed E-state index contributed by atoms with van der Waals surface area (Å²) in [6, 6.07) is 7.37. The van der Waals surface area contributed by atoms with E-state index in [1.165, 1.54) is 17.1 Å². The van der Waals surface area contributed by atoms with E-state index in [-0.39, 0.29) is 6.54 Å². The van der Waals surface area contributed by atoms with Crippen molar-refractivity contribution in [2.75, 3.05) is 0 Å². The third kappa shape index (κ3) is 3.24. The molecule has 18 heavy (non-hydrogen) atoms. The third-order valence-corrected chi connectivity index (χ3v) is 2.63. The number of carbonyl (C=O) groups is 1. The second kappa shape index (κ2) is 5.55. The Labute approximate surface area is 109 Å². The van der Waals surface area contributed by atoms with Crippen LogP contribution >= 0.6 is 11.6 Å². The molecule has 6 heteroatoms. The normalized spacial score (nSPS) is 10.3. The van der Waals surface area contributed by atoms with Crippen LogP contribution in [0.4, 0.5) is 0 Å². The molecule has 0 aliphatic heterocycles. The van der Waals surface area contributed by atoms with E-state index >= 15 is 0 Å². The lowest BCUT2D eigenvalue weighted by Crippen LogP contribution is -2.08. The minimum absolute atomic E-state index is 0.185. The molecular weight excluding hydrogens is 256 g/mol. The van der Waals surface area contributed by atoms with Gasteiger partial charge in [0.25, 0.3) is 0 Å². The van der Waals surface area contributed by atoms with Crippen molar-refractivity contribution in [2.24, 2.45) is 0 Å². The van der Waals surface area contributed by atoms with Crippen molar-refractivity contribution in [2.45, 2.75) is 13.2 Å². The topological polar surface area (TPSA) is 64.3 Å². The summed E-state index contributed by atoms with van der Waals surface area (Å²) in [4.78, 5) is 10.5. The lowest BCUT2D eigenvalue weighted by atomic mass is 10.2. The number of hydrogen-bond donors (Lipinski definition) is 1. The lowest BCUT2D eigenvalue weighted by Gasteiger charge is -2.04. The molecule has 0 aliphatic rings. The van der Waals surface area contributed by atoms with E-state index in [1.807, 2.05) is 18.2 Å². The van der Waals surface area contributed by atoms with Crippen LogP contribution in [0.2, 0.25) is 5.02 Å². The summed E-state index contributed by atoms with van der Waals surface area (Å²) in [5.41, 5.74) is 0.866. The Morgan fingerprint density at radius 2 is 2.22 bits per heavy atom. The van der Waals surface area contributed by atoms with Gasteiger partial charge in [-0.25, -0.2) is 0 Å². The first kappa shape index (κ1) is 12.4. The Balaban J connectivity index is 1.96. The Morgan fingerprint density at radius 1 is 1.44 bits per heavy atom. The number of aromatic nitrogens is 2. The number of nitrogens with zero attached hydrogens (tertiary/aromatic N) is 2. The molecule has 0 bridgehead atoms. The second-order valence-electron chi connectivity index (χ2n) is 3.65. The summed E-state index contributed by atoms with van der Waals surface area (Å²) in [6.45, 7) is 0.133. The lowest BCUT2D eigenvalue weighted by molar-refractivity contribution is -0.137. The fraction of sp³-hybridized carbons (Fsp3) is 0.167. The molecule has 1 aromatic carbocycles. The van der Waals surface area contributed by atoms with Crippen molar-refractivity contribution in [3.8, 4) is 5.75 Å². The highest BCUT2D eigenvalue weighted by molar-refractivity contribution is 6.31. The van der Waals surface area contributed by atoms with Gasteiger partial charge in [-0.05, 0) is 6.07 Å². The molecule has 0 radical (unpaired) electrons. The maximum absolute atomic E-state index is 10.5. The zero-order chi connectivity index (χ0) is 13.0. The number of ether oxygens (including phenoxy) is 1. The highest BCUT2D eigenvalue weighted by Crippen LogP contribution is 2.17. The third-order valence-electron chi connectivity index (χ3n) is 2.26. The zero-order valence-electron chi connectivity index (χ0n) is 9.41. The molecule has 0 fully saturated rings. The predicted molar refractivity (Wildman–Crippen MR) is 65.6 cm³/mol. The molecule has 94 valence electrons. The summed E-state index contributed by atoms with van der Waals surface area (Å²) >= 11 is 5.99. The fourth-order valence-corrected chi connectivity index (χ4v) is 1.61. The molecule has 1 N–H and O–H groups in total. The molecule has 1 heterocycles. The average Bonchev–Trinajstić information content (AvgIpc) is 2.75. The Bertz CT molecular complexity index is 554. The monoisotopic (exact) mass is 266 g/mol. The Kier molecular flexibility index (Phi) is 3.84. The van der Waals surface area contributed by atoms with E-state index in [4.69, 9.17) is 21.4 Å². The second-order valence-corrected chi connectivity index (χ2v) is 4.05. The molecule has 0 spiro atoms. The van der Waals surface area contributed by atoms with Crippen LogP contribution in [0.15, 0.2) is 36.7 Å². The summed E-state index contributed by atoms with van der Waals surface area (Å²) in [7, 11) is 0. The first-order valence-electron chi connectivity index (χ1n) is 5.25. The number of halogens is 1. The van der Waals surface area contributed by atoms with Gasteiger partial charge in [0.1, 0.15) is 13.2 Å². The van der Waals surface area contributed by atoms with Crippen molar-refractivity contribution >= 4 is 17.6 Å². The van der Waals surface area contributed by atoms with E-state index in [0.717, 1.165) is 5.56 Å². The van der Waals surface area contributed by atoms with Crippen LogP contribution in [0.25, 0.3) is 0 Å². The Hall–Kier alpha value is -2.01. The minimum Gasteiger partial charge on any atom is -0.486 e. The van der Waals surface area contributed by atoms with Gasteiger partial charge in [0.2, 0.25) is 0 Å². The van der Waals surface area contributed by atoms with Gasteiger partial charge in [0, 0.05) is 10.6 Å². The molecular formula is C12H11ClN2O3. The van der Waals surface area contributed by atoms with Crippen molar-refractivity contribution < 1.29 is 14.6 Å².